The molecule has 0 unspecified atom stereocenters. The van der Waals surface area contributed by atoms with Crippen molar-refractivity contribution in [3.8, 4) is 0 Å². The van der Waals surface area contributed by atoms with Gasteiger partial charge in [0.2, 0.25) is 0 Å². The highest BCUT2D eigenvalue weighted by Crippen LogP contribution is 2.15. The number of hydrogen-bond donors (Lipinski definition) is 0. The third-order valence-electron chi connectivity index (χ3n) is 2.17. The number of benzene rings is 1. The number of halogens is 1. The van der Waals surface area contributed by atoms with Gasteiger partial charge in [-0.25, -0.2) is 9.18 Å². The predicted molar refractivity (Wildman–Crippen MR) is 64.9 cm³/mol. The summed E-state index contributed by atoms with van der Waals surface area (Å²) in [6.45, 7) is 3.56. The van der Waals surface area contributed by atoms with E-state index < -0.39 is 11.8 Å². The Morgan fingerprint density at radius 2 is 2.33 bits per heavy atom. The van der Waals surface area contributed by atoms with Crippen LogP contribution in [0.4, 0.5) is 4.39 Å². The average molecular weight is 249 g/mol. The van der Waals surface area contributed by atoms with Gasteiger partial charge in [0.1, 0.15) is 11.5 Å². The second kappa shape index (κ2) is 6.42. The Morgan fingerprint density at radius 3 is 2.94 bits per heavy atom. The molecule has 0 radical (unpaired) electrons. The van der Waals surface area contributed by atoms with Gasteiger partial charge < -0.3 is 4.74 Å². The molecule has 94 valence electrons. The van der Waals surface area contributed by atoms with Crippen molar-refractivity contribution in [2.75, 3.05) is 6.61 Å². The van der Waals surface area contributed by atoms with Gasteiger partial charge in [0, 0.05) is 4.91 Å². The molecular formula is C12H12FN3O2. The normalized spacial score (nSPS) is 10.7. The van der Waals surface area contributed by atoms with Crippen LogP contribution in [0, 0.1) is 12.7 Å². The molecule has 0 saturated carbocycles. The summed E-state index contributed by atoms with van der Waals surface area (Å²) in [6, 6.07) is 4.13. The SMILES string of the molecule is CCOC(=O)/C(=C/c1cc(F)ccc1C)N=[N+]=[N-]. The highest BCUT2D eigenvalue weighted by Gasteiger charge is 2.09. The Balaban J connectivity index is 3.19. The van der Waals surface area contributed by atoms with E-state index in [1.54, 1.807) is 19.9 Å². The molecule has 1 aromatic rings. The Hall–Kier alpha value is -2.33. The van der Waals surface area contributed by atoms with Gasteiger partial charge in [0.15, 0.2) is 0 Å². The maximum atomic E-state index is 13.1. The first kappa shape index (κ1) is 13.7. The lowest BCUT2D eigenvalue weighted by Crippen LogP contribution is -2.05. The molecule has 0 atom stereocenters. The fourth-order valence-electron chi connectivity index (χ4n) is 1.30. The van der Waals surface area contributed by atoms with E-state index in [-0.39, 0.29) is 12.3 Å². The summed E-state index contributed by atoms with van der Waals surface area (Å²) >= 11 is 0. The molecule has 0 aliphatic carbocycles. The van der Waals surface area contributed by atoms with E-state index in [4.69, 9.17) is 10.3 Å². The lowest BCUT2D eigenvalue weighted by Gasteiger charge is -2.04. The second-order valence-corrected chi connectivity index (χ2v) is 3.44. The molecule has 0 bridgehead atoms. The number of esters is 1. The van der Waals surface area contributed by atoms with Crippen LogP contribution in [0.2, 0.25) is 0 Å². The van der Waals surface area contributed by atoms with Crippen LogP contribution < -0.4 is 0 Å². The maximum absolute atomic E-state index is 13.1. The third-order valence-corrected chi connectivity index (χ3v) is 2.17. The summed E-state index contributed by atoms with van der Waals surface area (Å²) in [4.78, 5) is 14.0. The van der Waals surface area contributed by atoms with Crippen LogP contribution in [0.5, 0.6) is 0 Å². The summed E-state index contributed by atoms with van der Waals surface area (Å²) in [6.07, 6.45) is 1.30. The minimum Gasteiger partial charge on any atom is -0.462 e. The summed E-state index contributed by atoms with van der Waals surface area (Å²) < 4.78 is 17.8. The monoisotopic (exact) mass is 249 g/mol. The van der Waals surface area contributed by atoms with Crippen LogP contribution in [0.25, 0.3) is 16.5 Å². The zero-order chi connectivity index (χ0) is 13.5. The Bertz CT molecular complexity index is 534. The smallest absolute Gasteiger partial charge is 0.340 e. The molecule has 0 N–H and O–H groups in total. The van der Waals surface area contributed by atoms with E-state index in [0.29, 0.717) is 5.56 Å². The number of azide groups is 1. The minimum atomic E-state index is -0.737. The van der Waals surface area contributed by atoms with Crippen molar-refractivity contribution in [1.29, 1.82) is 0 Å². The highest BCUT2D eigenvalue weighted by molar-refractivity contribution is 5.93. The topological polar surface area (TPSA) is 75.1 Å². The second-order valence-electron chi connectivity index (χ2n) is 3.44. The molecule has 0 saturated heterocycles. The van der Waals surface area contributed by atoms with Crippen LogP contribution in [0.1, 0.15) is 18.1 Å². The molecule has 5 nitrogen and oxygen atoms in total. The fraction of sp³-hybridized carbons (Fsp3) is 0.250. The van der Waals surface area contributed by atoms with Gasteiger partial charge in [-0.2, -0.15) is 0 Å². The van der Waals surface area contributed by atoms with Gasteiger partial charge in [0.25, 0.3) is 0 Å². The molecule has 0 amide bonds. The van der Waals surface area contributed by atoms with Crippen LogP contribution in [0.3, 0.4) is 0 Å². The number of rotatable bonds is 4. The Kier molecular flexibility index (Phi) is 4.90. The number of aryl methyl sites for hydroxylation is 1. The van der Waals surface area contributed by atoms with Crippen molar-refractivity contribution in [2.24, 2.45) is 5.11 Å². The number of hydrogen-bond acceptors (Lipinski definition) is 3. The van der Waals surface area contributed by atoms with E-state index in [2.05, 4.69) is 10.0 Å². The van der Waals surface area contributed by atoms with Gasteiger partial charge in [-0.3, -0.25) is 0 Å². The van der Waals surface area contributed by atoms with Gasteiger partial charge in [0.05, 0.1) is 6.61 Å². The number of ether oxygens (including phenoxy) is 1. The first-order chi connectivity index (χ1) is 8.58. The van der Waals surface area contributed by atoms with E-state index in [0.717, 1.165) is 5.56 Å². The molecule has 0 spiro atoms. The first-order valence-electron chi connectivity index (χ1n) is 5.28. The summed E-state index contributed by atoms with van der Waals surface area (Å²) in [5.41, 5.74) is 9.41. The summed E-state index contributed by atoms with van der Waals surface area (Å²) in [5, 5.41) is 3.25. The highest BCUT2D eigenvalue weighted by atomic mass is 19.1. The van der Waals surface area contributed by atoms with Crippen molar-refractivity contribution in [1.82, 2.24) is 0 Å². The van der Waals surface area contributed by atoms with E-state index in [1.165, 1.54) is 18.2 Å². The lowest BCUT2D eigenvalue weighted by molar-refractivity contribution is -0.138. The number of nitrogens with zero attached hydrogens (tertiary/aromatic N) is 3. The van der Waals surface area contributed by atoms with Crippen molar-refractivity contribution in [2.45, 2.75) is 13.8 Å². The zero-order valence-corrected chi connectivity index (χ0v) is 10.1. The minimum absolute atomic E-state index is 0.166. The predicted octanol–water partition coefficient (Wildman–Crippen LogP) is 3.35. The molecule has 6 heteroatoms. The molecule has 18 heavy (non-hydrogen) atoms. The molecule has 0 fully saturated rings. The van der Waals surface area contributed by atoms with Crippen molar-refractivity contribution in [3.63, 3.8) is 0 Å². The van der Waals surface area contributed by atoms with Crippen LogP contribution in [0.15, 0.2) is 29.0 Å². The third kappa shape index (κ3) is 3.61. The Labute approximate surface area is 104 Å². The van der Waals surface area contributed by atoms with Gasteiger partial charge in [-0.05, 0) is 48.7 Å². The lowest BCUT2D eigenvalue weighted by atomic mass is 10.1. The molecule has 0 heterocycles. The van der Waals surface area contributed by atoms with Crippen molar-refractivity contribution < 1.29 is 13.9 Å². The molecule has 0 aliphatic rings. The molecule has 0 aliphatic heterocycles. The largest absolute Gasteiger partial charge is 0.462 e. The zero-order valence-electron chi connectivity index (χ0n) is 10.1. The molecule has 1 rings (SSSR count). The number of carbonyl (C=O) groups excluding carboxylic acids is 1. The quantitative estimate of drug-likeness (QED) is 0.270. The Morgan fingerprint density at radius 1 is 1.61 bits per heavy atom. The van der Waals surface area contributed by atoms with E-state index in [9.17, 15) is 9.18 Å². The molecule has 0 aromatic heterocycles. The van der Waals surface area contributed by atoms with Gasteiger partial charge in [-0.15, -0.1) is 0 Å². The standard InChI is InChI=1S/C12H12FN3O2/c1-3-18-12(17)11(15-16-14)7-9-6-10(13)5-4-8(9)2/h4-7H,3H2,1-2H3/b11-7-. The molecule has 1 aromatic carbocycles. The van der Waals surface area contributed by atoms with Crippen LogP contribution in [-0.2, 0) is 9.53 Å². The fourth-order valence-corrected chi connectivity index (χ4v) is 1.30. The van der Waals surface area contributed by atoms with Crippen LogP contribution >= 0.6 is 0 Å². The van der Waals surface area contributed by atoms with E-state index in [1.807, 2.05) is 0 Å². The van der Waals surface area contributed by atoms with Crippen molar-refractivity contribution >= 4 is 12.0 Å². The molecular weight excluding hydrogens is 237 g/mol. The first-order valence-corrected chi connectivity index (χ1v) is 5.28. The summed E-state index contributed by atoms with van der Waals surface area (Å²) in [5.74, 6) is -1.17. The van der Waals surface area contributed by atoms with Crippen LogP contribution in [-0.4, -0.2) is 12.6 Å². The summed E-state index contributed by atoms with van der Waals surface area (Å²) in [7, 11) is 0. The van der Waals surface area contributed by atoms with Crippen molar-refractivity contribution in [3.05, 3.63) is 51.3 Å². The van der Waals surface area contributed by atoms with E-state index >= 15 is 0 Å². The van der Waals surface area contributed by atoms with Gasteiger partial charge in [-0.1, -0.05) is 11.2 Å². The number of carbonyl (C=O) groups is 1. The van der Waals surface area contributed by atoms with Gasteiger partial charge >= 0.3 is 5.97 Å². The maximum Gasteiger partial charge on any atom is 0.340 e. The average Bonchev–Trinajstić information content (AvgIpc) is 2.33.